The van der Waals surface area contributed by atoms with Gasteiger partial charge in [0, 0.05) is 54.2 Å². The van der Waals surface area contributed by atoms with Crippen LogP contribution in [0.25, 0.3) is 22.2 Å². The number of aromatic nitrogens is 4. The molecule has 152 valence electrons. The van der Waals surface area contributed by atoms with Crippen LogP contribution in [0.15, 0.2) is 30.9 Å². The maximum absolute atomic E-state index is 15.0. The van der Waals surface area contributed by atoms with Crippen LogP contribution in [0.4, 0.5) is 10.1 Å². The molecule has 0 bridgehead atoms. The first-order valence-corrected chi connectivity index (χ1v) is 10.5. The highest BCUT2D eigenvalue weighted by Crippen LogP contribution is 2.37. The van der Waals surface area contributed by atoms with Gasteiger partial charge in [-0.1, -0.05) is 0 Å². The summed E-state index contributed by atoms with van der Waals surface area (Å²) in [4.78, 5) is 9.96. The van der Waals surface area contributed by atoms with Gasteiger partial charge in [-0.3, -0.25) is 9.58 Å². The second-order valence-corrected chi connectivity index (χ2v) is 8.47. The topological polar surface area (TPSA) is 71.0 Å². The van der Waals surface area contributed by atoms with E-state index in [0.29, 0.717) is 18.6 Å². The Labute approximate surface area is 168 Å². The number of nitrogens with zero attached hydrogens (tertiary/aromatic N) is 4. The molecule has 3 aromatic rings. The van der Waals surface area contributed by atoms with Crippen LogP contribution in [-0.2, 0) is 4.74 Å². The summed E-state index contributed by atoms with van der Waals surface area (Å²) in [6, 6.07) is 2.75. The maximum atomic E-state index is 15.0. The number of alkyl halides is 1. The first kappa shape index (κ1) is 17.4. The second kappa shape index (κ2) is 6.81. The predicted molar refractivity (Wildman–Crippen MR) is 109 cm³/mol. The largest absolute Gasteiger partial charge is 0.381 e. The Bertz CT molecular complexity index is 1020. The van der Waals surface area contributed by atoms with Gasteiger partial charge in [0.25, 0.3) is 0 Å². The summed E-state index contributed by atoms with van der Waals surface area (Å²) in [5, 5.41) is 9.28. The van der Waals surface area contributed by atoms with Crippen LogP contribution < -0.4 is 5.32 Å². The molecule has 2 N–H and O–H groups in total. The van der Waals surface area contributed by atoms with Gasteiger partial charge in [-0.2, -0.15) is 5.10 Å². The van der Waals surface area contributed by atoms with E-state index < -0.39 is 6.17 Å². The van der Waals surface area contributed by atoms with Gasteiger partial charge in [-0.15, -0.1) is 0 Å². The highest BCUT2D eigenvalue weighted by Gasteiger charge is 2.36. The van der Waals surface area contributed by atoms with Crippen LogP contribution in [0.5, 0.6) is 0 Å². The summed E-state index contributed by atoms with van der Waals surface area (Å²) in [5.41, 5.74) is 3.97. The average Bonchev–Trinajstić information content (AvgIpc) is 3.15. The molecule has 3 fully saturated rings. The summed E-state index contributed by atoms with van der Waals surface area (Å²) < 4.78 is 22.0. The molecular formula is C21H25FN6O. The Morgan fingerprint density at radius 2 is 2.10 bits per heavy atom. The van der Waals surface area contributed by atoms with E-state index in [-0.39, 0.29) is 6.04 Å². The van der Waals surface area contributed by atoms with Crippen LogP contribution in [0.1, 0.15) is 25.3 Å². The molecular weight excluding hydrogens is 371 g/mol. The van der Waals surface area contributed by atoms with Crippen molar-refractivity contribution < 1.29 is 9.13 Å². The molecule has 0 amide bonds. The number of aromatic amines is 1. The first-order valence-electron chi connectivity index (χ1n) is 10.5. The Kier molecular flexibility index (Phi) is 4.09. The van der Waals surface area contributed by atoms with E-state index in [2.05, 4.69) is 31.3 Å². The number of H-pyrrole nitrogens is 1. The lowest BCUT2D eigenvalue weighted by Crippen LogP contribution is -2.55. The molecule has 0 spiro atoms. The number of nitrogens with one attached hydrogen (secondary N) is 2. The number of fused-ring (bicyclic) bond motifs is 1. The fourth-order valence-electron chi connectivity index (χ4n) is 4.45. The van der Waals surface area contributed by atoms with E-state index in [1.165, 1.54) is 12.8 Å². The summed E-state index contributed by atoms with van der Waals surface area (Å²) in [7, 11) is 0. The molecule has 8 heteroatoms. The fraction of sp³-hybridized carbons (Fsp3) is 0.524. The third-order valence-electron chi connectivity index (χ3n) is 6.44. The standard InChI is InChI=1S/C21H25FN6O/c22-18-10-27(15-11-29-12-15)6-4-19(18)28-9-13(7-25-28)17-8-24-21-16(3-5-23-21)20(17)26-14-1-2-14/h3,5,7-9,14-15,18-19H,1-2,4,6,10-12H2,(H2,23,24,26)/t18-,19-/m0/s1. The number of pyridine rings is 1. The Hall–Kier alpha value is -2.45. The zero-order valence-electron chi connectivity index (χ0n) is 16.2. The van der Waals surface area contributed by atoms with Crippen LogP contribution in [0.2, 0.25) is 0 Å². The molecule has 6 rings (SSSR count). The molecule has 1 saturated carbocycles. The van der Waals surface area contributed by atoms with Gasteiger partial charge in [0.1, 0.15) is 11.8 Å². The number of hydrogen-bond donors (Lipinski definition) is 2. The zero-order chi connectivity index (χ0) is 19.4. The lowest BCUT2D eigenvalue weighted by Gasteiger charge is -2.42. The van der Waals surface area contributed by atoms with E-state index in [0.717, 1.165) is 54.0 Å². The molecule has 3 aliphatic rings. The molecule has 2 atom stereocenters. The fourth-order valence-corrected chi connectivity index (χ4v) is 4.45. The average molecular weight is 396 g/mol. The van der Waals surface area contributed by atoms with Crippen molar-refractivity contribution in [2.45, 2.75) is 43.6 Å². The van der Waals surface area contributed by atoms with Gasteiger partial charge >= 0.3 is 0 Å². The van der Waals surface area contributed by atoms with Crippen LogP contribution in [0.3, 0.4) is 0 Å². The van der Waals surface area contributed by atoms with Crippen molar-refractivity contribution in [3.63, 3.8) is 0 Å². The lowest BCUT2D eigenvalue weighted by atomic mass is 10.0. The molecule has 2 saturated heterocycles. The van der Waals surface area contributed by atoms with E-state index in [9.17, 15) is 4.39 Å². The number of ether oxygens (including phenoxy) is 1. The molecule has 3 aromatic heterocycles. The second-order valence-electron chi connectivity index (χ2n) is 8.47. The number of halogens is 1. The summed E-state index contributed by atoms with van der Waals surface area (Å²) in [6.45, 7) is 2.81. The predicted octanol–water partition coefficient (Wildman–Crippen LogP) is 2.98. The van der Waals surface area contributed by atoms with E-state index in [4.69, 9.17) is 4.74 Å². The van der Waals surface area contributed by atoms with Gasteiger partial charge in [-0.05, 0) is 25.3 Å². The molecule has 0 radical (unpaired) electrons. The van der Waals surface area contributed by atoms with Gasteiger partial charge in [0.2, 0.25) is 0 Å². The first-order chi connectivity index (χ1) is 14.3. The molecule has 1 aliphatic carbocycles. The molecule has 0 aromatic carbocycles. The number of piperidine rings is 1. The summed E-state index contributed by atoms with van der Waals surface area (Å²) in [5.74, 6) is 0. The highest BCUT2D eigenvalue weighted by molar-refractivity contribution is 5.98. The van der Waals surface area contributed by atoms with Crippen molar-refractivity contribution in [2.24, 2.45) is 0 Å². The molecule has 5 heterocycles. The maximum Gasteiger partial charge on any atom is 0.139 e. The Balaban J connectivity index is 1.28. The number of likely N-dealkylation sites (tertiary alicyclic amines) is 1. The zero-order valence-corrected chi connectivity index (χ0v) is 16.2. The van der Waals surface area contributed by atoms with E-state index >= 15 is 0 Å². The minimum absolute atomic E-state index is 0.218. The quantitative estimate of drug-likeness (QED) is 0.694. The Morgan fingerprint density at radius 3 is 2.86 bits per heavy atom. The van der Waals surface area contributed by atoms with Crippen LogP contribution >= 0.6 is 0 Å². The van der Waals surface area contributed by atoms with Gasteiger partial charge in [-0.25, -0.2) is 9.37 Å². The van der Waals surface area contributed by atoms with Gasteiger partial charge < -0.3 is 15.0 Å². The van der Waals surface area contributed by atoms with E-state index in [1.54, 1.807) is 0 Å². The third-order valence-corrected chi connectivity index (χ3v) is 6.44. The van der Waals surface area contributed by atoms with Crippen LogP contribution in [0, 0.1) is 0 Å². The van der Waals surface area contributed by atoms with Crippen molar-refractivity contribution in [1.29, 1.82) is 0 Å². The van der Waals surface area contributed by atoms with Crippen LogP contribution in [-0.4, -0.2) is 69.2 Å². The Morgan fingerprint density at radius 1 is 1.21 bits per heavy atom. The van der Waals surface area contributed by atoms with Crippen molar-refractivity contribution in [2.75, 3.05) is 31.6 Å². The van der Waals surface area contributed by atoms with Crippen molar-refractivity contribution in [1.82, 2.24) is 24.6 Å². The van der Waals surface area contributed by atoms with E-state index in [1.807, 2.05) is 29.5 Å². The molecule has 29 heavy (non-hydrogen) atoms. The lowest BCUT2D eigenvalue weighted by molar-refractivity contribution is -0.0847. The van der Waals surface area contributed by atoms with Crippen molar-refractivity contribution in [3.8, 4) is 11.1 Å². The minimum atomic E-state index is -0.925. The number of rotatable bonds is 5. The molecule has 2 aliphatic heterocycles. The number of anilines is 1. The molecule has 0 unspecified atom stereocenters. The van der Waals surface area contributed by atoms with Crippen molar-refractivity contribution in [3.05, 3.63) is 30.9 Å². The van der Waals surface area contributed by atoms with Gasteiger partial charge in [0.15, 0.2) is 0 Å². The SMILES string of the molecule is F[C@H]1CN(C2COC2)CC[C@@H]1n1cc(-c2cnc3[nH]ccc3c2NC2CC2)cn1. The van der Waals surface area contributed by atoms with Gasteiger partial charge in [0.05, 0.1) is 37.2 Å². The smallest absolute Gasteiger partial charge is 0.139 e. The summed E-state index contributed by atoms with van der Waals surface area (Å²) >= 11 is 0. The molecule has 7 nitrogen and oxygen atoms in total. The monoisotopic (exact) mass is 396 g/mol. The summed E-state index contributed by atoms with van der Waals surface area (Å²) in [6.07, 6.45) is 9.85. The van der Waals surface area contributed by atoms with Crippen molar-refractivity contribution >= 4 is 16.7 Å². The normalized spacial score (nSPS) is 26.0. The minimum Gasteiger partial charge on any atom is -0.381 e. The number of hydrogen-bond acceptors (Lipinski definition) is 5. The third kappa shape index (κ3) is 3.11. The highest BCUT2D eigenvalue weighted by atomic mass is 19.1.